The molecule has 1 aliphatic carbocycles. The molecular formula is C19H29ClN4O2S. The van der Waals surface area contributed by atoms with Crippen molar-refractivity contribution < 1.29 is 9.00 Å². The Kier molecular flexibility index (Phi) is 7.03. The topological polar surface area (TPSA) is 65.9 Å². The Labute approximate surface area is 169 Å². The van der Waals surface area contributed by atoms with Crippen LogP contribution in [0.15, 0.2) is 10.5 Å². The van der Waals surface area contributed by atoms with Gasteiger partial charge in [0.05, 0.1) is 10.3 Å². The predicted molar refractivity (Wildman–Crippen MR) is 113 cm³/mol. The molecule has 0 saturated heterocycles. The van der Waals surface area contributed by atoms with Crippen molar-refractivity contribution in [3.05, 3.63) is 22.3 Å². The summed E-state index contributed by atoms with van der Waals surface area (Å²) in [6, 6.07) is 2.16. The number of rotatable bonds is 5. The van der Waals surface area contributed by atoms with Gasteiger partial charge in [-0.2, -0.15) is 4.40 Å². The van der Waals surface area contributed by atoms with Crippen molar-refractivity contribution in [1.82, 2.24) is 9.88 Å². The molecule has 6 nitrogen and oxygen atoms in total. The number of carbonyl (C=O) groups is 1. The van der Waals surface area contributed by atoms with Crippen LogP contribution in [0.2, 0.25) is 5.15 Å². The first-order valence-corrected chi connectivity index (χ1v) is 10.6. The summed E-state index contributed by atoms with van der Waals surface area (Å²) in [6.45, 7) is 5.52. The van der Waals surface area contributed by atoms with Crippen LogP contribution in [-0.2, 0) is 11.0 Å². The van der Waals surface area contributed by atoms with Gasteiger partial charge in [0.25, 0.3) is 5.91 Å². The van der Waals surface area contributed by atoms with Gasteiger partial charge in [-0.05, 0) is 39.7 Å². The van der Waals surface area contributed by atoms with Crippen LogP contribution in [0.5, 0.6) is 0 Å². The van der Waals surface area contributed by atoms with E-state index in [0.29, 0.717) is 23.0 Å². The number of hydrogen-bond donors (Lipinski definition) is 0. The van der Waals surface area contributed by atoms with Crippen molar-refractivity contribution in [3.8, 4) is 0 Å². The zero-order valence-corrected chi connectivity index (χ0v) is 18.5. The molecular weight excluding hydrogens is 384 g/mol. The van der Waals surface area contributed by atoms with Gasteiger partial charge in [0, 0.05) is 39.0 Å². The molecule has 1 aliphatic rings. The highest BCUT2D eigenvalue weighted by Crippen LogP contribution is 2.29. The number of hydrogen-bond acceptors (Lipinski definition) is 4. The molecule has 1 aromatic heterocycles. The van der Waals surface area contributed by atoms with Crippen molar-refractivity contribution in [2.24, 2.45) is 4.40 Å². The molecule has 1 heterocycles. The summed E-state index contributed by atoms with van der Waals surface area (Å²) >= 11 is 6.43. The highest BCUT2D eigenvalue weighted by molar-refractivity contribution is 7.85. The maximum absolute atomic E-state index is 12.7. The molecule has 0 bridgehead atoms. The van der Waals surface area contributed by atoms with E-state index in [1.54, 1.807) is 20.2 Å². The molecule has 0 N–H and O–H groups in total. The van der Waals surface area contributed by atoms with E-state index in [1.165, 1.54) is 24.0 Å². The monoisotopic (exact) mass is 412 g/mol. The number of nitrogens with zero attached hydrogens (tertiary/aromatic N) is 4. The van der Waals surface area contributed by atoms with Crippen molar-refractivity contribution in [2.75, 3.05) is 26.0 Å². The largest absolute Gasteiger partial charge is 0.357 e. The number of halogens is 1. The molecule has 1 aromatic rings. The van der Waals surface area contributed by atoms with Crippen LogP contribution < -0.4 is 4.90 Å². The summed E-state index contributed by atoms with van der Waals surface area (Å²) in [5.74, 6) is 0.481. The van der Waals surface area contributed by atoms with Crippen molar-refractivity contribution in [3.63, 3.8) is 0 Å². The van der Waals surface area contributed by atoms with E-state index in [9.17, 15) is 9.00 Å². The minimum absolute atomic E-state index is 0.191. The predicted octanol–water partition coefficient (Wildman–Crippen LogP) is 3.70. The molecule has 0 aliphatic heterocycles. The molecule has 1 atom stereocenters. The summed E-state index contributed by atoms with van der Waals surface area (Å²) in [4.78, 5) is 20.8. The number of amides is 1. The molecule has 2 rings (SSSR count). The number of aromatic nitrogens is 1. The zero-order chi connectivity index (χ0) is 20.4. The second kappa shape index (κ2) is 8.69. The van der Waals surface area contributed by atoms with E-state index in [0.717, 1.165) is 12.8 Å². The summed E-state index contributed by atoms with van der Waals surface area (Å²) in [5, 5.41) is 0.192. The lowest BCUT2D eigenvalue weighted by Crippen LogP contribution is -2.31. The first-order valence-electron chi connectivity index (χ1n) is 9.13. The van der Waals surface area contributed by atoms with Crippen LogP contribution >= 0.6 is 11.6 Å². The lowest BCUT2D eigenvalue weighted by molar-refractivity contribution is 0.0827. The lowest BCUT2D eigenvalue weighted by atomic mass is 10.1. The maximum Gasteiger partial charge on any atom is 0.254 e. The Morgan fingerprint density at radius 1 is 1.30 bits per heavy atom. The average Bonchev–Trinajstić information content (AvgIpc) is 3.12. The highest BCUT2D eigenvalue weighted by Gasteiger charge is 2.25. The van der Waals surface area contributed by atoms with Crippen LogP contribution in [0, 0.1) is 0 Å². The molecule has 8 heteroatoms. The van der Waals surface area contributed by atoms with Crippen LogP contribution in [0.1, 0.15) is 62.4 Å². The summed E-state index contributed by atoms with van der Waals surface area (Å²) in [7, 11) is 3.91. The van der Waals surface area contributed by atoms with E-state index in [2.05, 4.69) is 14.3 Å². The smallest absolute Gasteiger partial charge is 0.254 e. The van der Waals surface area contributed by atoms with Gasteiger partial charge >= 0.3 is 0 Å². The third-order valence-electron chi connectivity index (χ3n) is 4.67. The molecule has 1 unspecified atom stereocenters. The van der Waals surface area contributed by atoms with Gasteiger partial charge in [0.2, 0.25) is 0 Å². The van der Waals surface area contributed by atoms with Crippen LogP contribution in [0.4, 0.5) is 5.82 Å². The van der Waals surface area contributed by atoms with Gasteiger partial charge in [-0.3, -0.25) is 4.79 Å². The van der Waals surface area contributed by atoms with Crippen LogP contribution in [0.3, 0.4) is 0 Å². The van der Waals surface area contributed by atoms with Crippen molar-refractivity contribution in [1.29, 1.82) is 0 Å². The van der Waals surface area contributed by atoms with Gasteiger partial charge in [-0.15, -0.1) is 0 Å². The van der Waals surface area contributed by atoms with Gasteiger partial charge in [0.1, 0.15) is 22.0 Å². The van der Waals surface area contributed by atoms with Crippen molar-refractivity contribution >= 4 is 40.5 Å². The molecule has 1 saturated carbocycles. The van der Waals surface area contributed by atoms with E-state index in [-0.39, 0.29) is 11.1 Å². The van der Waals surface area contributed by atoms with Gasteiger partial charge < -0.3 is 9.80 Å². The molecule has 0 radical (unpaired) electrons. The first-order chi connectivity index (χ1) is 12.5. The molecule has 150 valence electrons. The minimum Gasteiger partial charge on any atom is -0.357 e. The van der Waals surface area contributed by atoms with E-state index in [4.69, 9.17) is 11.6 Å². The number of anilines is 1. The lowest BCUT2D eigenvalue weighted by Gasteiger charge is -2.26. The Morgan fingerprint density at radius 2 is 1.89 bits per heavy atom. The second-order valence-corrected chi connectivity index (χ2v) is 10.4. The van der Waals surface area contributed by atoms with Crippen LogP contribution in [0.25, 0.3) is 0 Å². The normalized spacial score (nSPS) is 16.7. The fraction of sp³-hybridized carbons (Fsp3) is 0.632. The fourth-order valence-corrected chi connectivity index (χ4v) is 3.72. The van der Waals surface area contributed by atoms with Gasteiger partial charge in [-0.1, -0.05) is 24.4 Å². The standard InChI is InChI=1S/C19H29ClN4O2S/c1-19(2,3)27(26)21-12-15-14(18(25)23(4)5)11-16(22-17(15)20)24(6)13-9-7-8-10-13/h11-13H,7-10H2,1-6H3/b21-12+. The van der Waals surface area contributed by atoms with Gasteiger partial charge in [-0.25, -0.2) is 9.19 Å². The highest BCUT2D eigenvalue weighted by atomic mass is 35.5. The van der Waals surface area contributed by atoms with Crippen molar-refractivity contribution in [2.45, 2.75) is 57.2 Å². The van der Waals surface area contributed by atoms with Crippen LogP contribution in [-0.4, -0.2) is 58.1 Å². The molecule has 27 heavy (non-hydrogen) atoms. The quantitative estimate of drug-likeness (QED) is 0.546. The number of carbonyl (C=O) groups excluding carboxylic acids is 1. The average molecular weight is 413 g/mol. The maximum atomic E-state index is 12.7. The summed E-state index contributed by atoms with van der Waals surface area (Å²) in [6.07, 6.45) is 6.04. The van der Waals surface area contributed by atoms with E-state index >= 15 is 0 Å². The third kappa shape index (κ3) is 5.29. The van der Waals surface area contributed by atoms with E-state index < -0.39 is 15.7 Å². The Morgan fingerprint density at radius 3 is 2.41 bits per heavy atom. The first kappa shape index (κ1) is 21.8. The molecule has 0 spiro atoms. The van der Waals surface area contributed by atoms with Gasteiger partial charge in [0.15, 0.2) is 0 Å². The molecule has 1 fully saturated rings. The zero-order valence-electron chi connectivity index (χ0n) is 17.0. The Hall–Kier alpha value is -1.47. The SMILES string of the molecule is CN(C)C(=O)c1cc(N(C)C2CCCC2)nc(Cl)c1/C=N/S(=O)C(C)(C)C. The Bertz CT molecular complexity index is 753. The molecule has 1 amide bonds. The second-order valence-electron chi connectivity index (χ2n) is 8.08. The molecule has 0 aromatic carbocycles. The summed E-state index contributed by atoms with van der Waals surface area (Å²) in [5.41, 5.74) is 0.811. The Balaban J connectivity index is 2.47. The summed E-state index contributed by atoms with van der Waals surface area (Å²) < 4.78 is 15.9. The fourth-order valence-electron chi connectivity index (χ4n) is 2.97. The third-order valence-corrected chi connectivity index (χ3v) is 6.30. The minimum atomic E-state index is -1.45. The number of pyridine rings is 1. The van der Waals surface area contributed by atoms with E-state index in [1.807, 2.05) is 27.8 Å².